The highest BCUT2D eigenvalue weighted by atomic mass is 19.4. The van der Waals surface area contributed by atoms with Crippen LogP contribution in [0.25, 0.3) is 0 Å². The lowest BCUT2D eigenvalue weighted by molar-refractivity contribution is -0.143. The quantitative estimate of drug-likeness (QED) is 0.510. The fraction of sp³-hybridized carbons (Fsp3) is 0.455. The molecule has 2 fully saturated rings. The molecule has 0 amide bonds. The molecule has 3 aromatic rings. The molecule has 2 bridgehead atoms. The van der Waals surface area contributed by atoms with Crippen molar-refractivity contribution in [2.45, 2.75) is 38.5 Å². The van der Waals surface area contributed by atoms with Gasteiger partial charge in [0.1, 0.15) is 36.1 Å². The lowest BCUT2D eigenvalue weighted by Crippen LogP contribution is -2.48. The molecule has 1 aromatic carbocycles. The predicted molar refractivity (Wildman–Crippen MR) is 115 cm³/mol. The van der Waals surface area contributed by atoms with Gasteiger partial charge >= 0.3 is 12.2 Å². The van der Waals surface area contributed by atoms with E-state index in [-0.39, 0.29) is 29.6 Å². The first-order chi connectivity index (χ1) is 16.6. The molecule has 0 spiro atoms. The Morgan fingerprint density at radius 2 is 1.71 bits per heavy atom. The SMILES string of the molecule is Cc1cc(N2C[C@H]3CC[C@@H](C2)[C@H]3Nc2nc(Oc3cc(F)cc(F)c3)n(CC(F)(F)F)n2)ncn1. The molecule has 1 saturated carbocycles. The molecule has 1 aliphatic carbocycles. The van der Waals surface area contributed by atoms with Crippen molar-refractivity contribution in [3.63, 3.8) is 0 Å². The molecule has 13 heteroatoms. The summed E-state index contributed by atoms with van der Waals surface area (Å²) < 4.78 is 72.2. The molecular formula is C22H22F5N7O. The lowest BCUT2D eigenvalue weighted by Gasteiger charge is -2.38. The Hall–Kier alpha value is -3.51. The number of aromatic nitrogens is 5. The molecule has 3 atom stereocenters. The fourth-order valence-corrected chi connectivity index (χ4v) is 4.84. The molecular weight excluding hydrogens is 473 g/mol. The number of hydrogen-bond donors (Lipinski definition) is 1. The number of anilines is 2. The zero-order chi connectivity index (χ0) is 24.7. The summed E-state index contributed by atoms with van der Waals surface area (Å²) in [4.78, 5) is 14.8. The van der Waals surface area contributed by atoms with E-state index in [4.69, 9.17) is 4.74 Å². The maximum atomic E-state index is 13.5. The number of hydrogen-bond acceptors (Lipinski definition) is 7. The standard InChI is InChI=1S/C22H22F5N7O/c1-12-4-18(29-11-28-12)33-8-13-2-3-14(9-33)19(13)30-20-31-21(34(32-20)10-22(25,26)27)35-17-6-15(23)5-16(24)7-17/h4-7,11,13-14,19H,2-3,8-10H2,1H3,(H,30,32)/t13-,14+,19+. The third kappa shape index (κ3) is 5.28. The van der Waals surface area contributed by atoms with Gasteiger partial charge in [0.05, 0.1) is 0 Å². The second-order valence-corrected chi connectivity index (χ2v) is 8.89. The lowest BCUT2D eigenvalue weighted by atomic mass is 9.92. The maximum absolute atomic E-state index is 13.5. The van der Waals surface area contributed by atoms with Crippen LogP contribution in [0.2, 0.25) is 0 Å². The summed E-state index contributed by atoms with van der Waals surface area (Å²) in [6.45, 7) is 1.88. The number of alkyl halides is 3. The Kier molecular flexibility index (Phi) is 5.93. The average Bonchev–Trinajstić information content (AvgIpc) is 3.20. The van der Waals surface area contributed by atoms with E-state index in [0.29, 0.717) is 10.7 Å². The summed E-state index contributed by atoms with van der Waals surface area (Å²) >= 11 is 0. The molecule has 8 nitrogen and oxygen atoms in total. The zero-order valence-electron chi connectivity index (χ0n) is 18.6. The molecule has 186 valence electrons. The zero-order valence-corrected chi connectivity index (χ0v) is 18.6. The molecule has 2 aliphatic rings. The van der Waals surface area contributed by atoms with Crippen molar-refractivity contribution in [3.05, 3.63) is 47.9 Å². The Labute approximate surface area is 197 Å². The Balaban J connectivity index is 1.35. The summed E-state index contributed by atoms with van der Waals surface area (Å²) in [6, 6.07) is 3.70. The minimum absolute atomic E-state index is 0.0330. The number of fused-ring (bicyclic) bond motifs is 2. The molecule has 0 unspecified atom stereocenters. The molecule has 1 saturated heterocycles. The van der Waals surface area contributed by atoms with Gasteiger partial charge in [-0.25, -0.2) is 23.4 Å². The summed E-state index contributed by atoms with van der Waals surface area (Å²) in [7, 11) is 0. The smallest absolute Gasteiger partial charge is 0.408 e. The van der Waals surface area contributed by atoms with Gasteiger partial charge in [0.2, 0.25) is 5.95 Å². The second-order valence-electron chi connectivity index (χ2n) is 8.89. The third-order valence-corrected chi connectivity index (χ3v) is 6.25. The van der Waals surface area contributed by atoms with Crippen LogP contribution in [0.1, 0.15) is 18.5 Å². The van der Waals surface area contributed by atoms with Gasteiger partial charge in [0, 0.05) is 49.1 Å². The monoisotopic (exact) mass is 495 g/mol. The summed E-state index contributed by atoms with van der Waals surface area (Å²) in [5.41, 5.74) is 0.868. The van der Waals surface area contributed by atoms with Crippen molar-refractivity contribution in [3.8, 4) is 11.8 Å². The highest BCUT2D eigenvalue weighted by molar-refractivity contribution is 5.42. The average molecular weight is 495 g/mol. The highest BCUT2D eigenvalue weighted by Gasteiger charge is 2.43. The Bertz CT molecular complexity index is 1180. The van der Waals surface area contributed by atoms with Crippen LogP contribution in [0, 0.1) is 30.4 Å². The normalized spacial score (nSPS) is 21.9. The van der Waals surface area contributed by atoms with E-state index in [1.54, 1.807) is 0 Å². The van der Waals surface area contributed by atoms with Crippen LogP contribution in [0.4, 0.5) is 33.7 Å². The van der Waals surface area contributed by atoms with Crippen molar-refractivity contribution in [2.24, 2.45) is 11.8 Å². The number of aryl methyl sites for hydroxylation is 1. The van der Waals surface area contributed by atoms with E-state index in [2.05, 4.69) is 30.3 Å². The van der Waals surface area contributed by atoms with E-state index in [1.165, 1.54) is 6.33 Å². The van der Waals surface area contributed by atoms with Gasteiger partial charge in [-0.1, -0.05) is 0 Å². The first kappa shape index (κ1) is 23.2. The molecule has 0 radical (unpaired) electrons. The number of nitrogens with zero attached hydrogens (tertiary/aromatic N) is 6. The van der Waals surface area contributed by atoms with Gasteiger partial charge in [0.15, 0.2) is 0 Å². The van der Waals surface area contributed by atoms with E-state index in [0.717, 1.165) is 49.6 Å². The van der Waals surface area contributed by atoms with Gasteiger partial charge in [-0.15, -0.1) is 5.10 Å². The largest absolute Gasteiger partial charge is 0.424 e. The summed E-state index contributed by atoms with van der Waals surface area (Å²) in [5, 5.41) is 7.13. The van der Waals surface area contributed by atoms with Crippen molar-refractivity contribution in [1.29, 1.82) is 0 Å². The summed E-state index contributed by atoms with van der Waals surface area (Å²) in [6.07, 6.45) is -1.19. The van der Waals surface area contributed by atoms with Crippen LogP contribution >= 0.6 is 0 Å². The number of rotatable bonds is 6. The van der Waals surface area contributed by atoms with E-state index in [9.17, 15) is 22.0 Å². The molecule has 35 heavy (non-hydrogen) atoms. The molecule has 1 aliphatic heterocycles. The summed E-state index contributed by atoms with van der Waals surface area (Å²) in [5.74, 6) is -0.948. The van der Waals surface area contributed by atoms with Crippen LogP contribution in [0.5, 0.6) is 11.8 Å². The van der Waals surface area contributed by atoms with Crippen molar-refractivity contribution >= 4 is 11.8 Å². The van der Waals surface area contributed by atoms with Gasteiger partial charge in [-0.3, -0.25) is 0 Å². The van der Waals surface area contributed by atoms with Gasteiger partial charge in [-0.05, 0) is 31.6 Å². The van der Waals surface area contributed by atoms with Crippen LogP contribution in [-0.4, -0.2) is 50.0 Å². The molecule has 1 N–H and O–H groups in total. The van der Waals surface area contributed by atoms with Gasteiger partial charge < -0.3 is 15.0 Å². The molecule has 5 rings (SSSR count). The first-order valence-corrected chi connectivity index (χ1v) is 11.1. The van der Waals surface area contributed by atoms with Crippen molar-refractivity contribution < 1.29 is 26.7 Å². The Morgan fingerprint density at radius 1 is 1.03 bits per heavy atom. The van der Waals surface area contributed by atoms with Gasteiger partial charge in [0.25, 0.3) is 0 Å². The number of ether oxygens (including phenoxy) is 1. The molecule has 2 aromatic heterocycles. The topological polar surface area (TPSA) is 81.0 Å². The maximum Gasteiger partial charge on any atom is 0.408 e. The van der Waals surface area contributed by atoms with Crippen molar-refractivity contribution in [1.82, 2.24) is 24.7 Å². The van der Waals surface area contributed by atoms with E-state index >= 15 is 0 Å². The van der Waals surface area contributed by atoms with Gasteiger partial charge in [-0.2, -0.15) is 18.2 Å². The second kappa shape index (κ2) is 8.93. The number of piperidine rings is 1. The minimum atomic E-state index is -4.60. The highest BCUT2D eigenvalue weighted by Crippen LogP contribution is 2.40. The third-order valence-electron chi connectivity index (χ3n) is 6.25. The van der Waals surface area contributed by atoms with E-state index < -0.39 is 30.4 Å². The Morgan fingerprint density at radius 3 is 2.34 bits per heavy atom. The number of nitrogens with one attached hydrogen (secondary N) is 1. The van der Waals surface area contributed by atoms with Crippen LogP contribution in [0.3, 0.4) is 0 Å². The number of benzene rings is 1. The van der Waals surface area contributed by atoms with E-state index in [1.807, 2.05) is 13.0 Å². The molecule has 3 heterocycles. The fourth-order valence-electron chi connectivity index (χ4n) is 4.84. The predicted octanol–water partition coefficient (Wildman–Crippen LogP) is 4.34. The van der Waals surface area contributed by atoms with Crippen molar-refractivity contribution in [2.75, 3.05) is 23.3 Å². The number of halogens is 5. The van der Waals surface area contributed by atoms with Crippen LogP contribution in [0.15, 0.2) is 30.6 Å². The van der Waals surface area contributed by atoms with Crippen LogP contribution < -0.4 is 15.0 Å². The van der Waals surface area contributed by atoms with Crippen LogP contribution in [-0.2, 0) is 6.54 Å². The minimum Gasteiger partial charge on any atom is -0.424 e. The first-order valence-electron chi connectivity index (χ1n) is 11.1.